The Bertz CT molecular complexity index is 1220. The summed E-state index contributed by atoms with van der Waals surface area (Å²) in [4.78, 5) is 16.8. The van der Waals surface area contributed by atoms with Gasteiger partial charge in [-0.1, -0.05) is 17.7 Å². The van der Waals surface area contributed by atoms with Crippen LogP contribution in [0.4, 0.5) is 14.5 Å². The van der Waals surface area contributed by atoms with Gasteiger partial charge in [-0.25, -0.2) is 18.3 Å². The van der Waals surface area contributed by atoms with E-state index in [9.17, 15) is 13.6 Å². The van der Waals surface area contributed by atoms with Crippen molar-refractivity contribution in [2.45, 2.75) is 0 Å². The number of carbonyl (C=O) groups excluding carboxylic acids is 1. The smallest absolute Gasteiger partial charge is 0.260 e. The fourth-order valence-electron chi connectivity index (χ4n) is 2.79. The van der Waals surface area contributed by atoms with Crippen molar-refractivity contribution < 1.29 is 18.3 Å². The van der Waals surface area contributed by atoms with Crippen LogP contribution in [0, 0.1) is 11.6 Å². The number of nitrogens with zero attached hydrogens (tertiary/aromatic N) is 3. The zero-order valence-electron chi connectivity index (χ0n) is 15.0. The van der Waals surface area contributed by atoms with Crippen LogP contribution in [0.1, 0.15) is 10.4 Å². The molecule has 1 amide bonds. The Morgan fingerprint density at radius 2 is 1.97 bits per heavy atom. The molecule has 2 heterocycles. The van der Waals surface area contributed by atoms with E-state index in [0.29, 0.717) is 22.8 Å². The van der Waals surface area contributed by atoms with Crippen molar-refractivity contribution in [3.63, 3.8) is 0 Å². The Labute approximate surface area is 168 Å². The van der Waals surface area contributed by atoms with Crippen LogP contribution in [0.15, 0.2) is 54.7 Å². The van der Waals surface area contributed by atoms with Crippen LogP contribution in [-0.4, -0.2) is 27.6 Å². The number of benzene rings is 2. The summed E-state index contributed by atoms with van der Waals surface area (Å²) >= 11 is 5.90. The predicted octanol–water partition coefficient (Wildman–Crippen LogP) is 4.59. The zero-order chi connectivity index (χ0) is 20.5. The molecule has 0 radical (unpaired) electrons. The summed E-state index contributed by atoms with van der Waals surface area (Å²) in [5, 5.41) is 6.51. The number of carbonyl (C=O) groups is 1. The van der Waals surface area contributed by atoms with Crippen LogP contribution in [0.5, 0.6) is 5.88 Å². The van der Waals surface area contributed by atoms with Gasteiger partial charge in [0.15, 0.2) is 5.65 Å². The molecule has 4 rings (SSSR count). The van der Waals surface area contributed by atoms with Gasteiger partial charge in [0.05, 0.1) is 35.3 Å². The Morgan fingerprint density at radius 3 is 2.72 bits per heavy atom. The molecule has 0 aliphatic carbocycles. The number of hydrogen-bond acceptors (Lipinski definition) is 4. The molecule has 0 aliphatic rings. The maximum atomic E-state index is 14.3. The van der Waals surface area contributed by atoms with Crippen molar-refractivity contribution in [2.24, 2.45) is 0 Å². The first-order chi connectivity index (χ1) is 14.0. The highest BCUT2D eigenvalue weighted by molar-refractivity contribution is 6.34. The molecule has 6 nitrogen and oxygen atoms in total. The minimum Gasteiger partial charge on any atom is -0.480 e. The molecule has 0 aliphatic heterocycles. The molecule has 0 atom stereocenters. The molecule has 2 aromatic heterocycles. The summed E-state index contributed by atoms with van der Waals surface area (Å²) in [5.74, 6) is -1.93. The topological polar surface area (TPSA) is 68.5 Å². The average Bonchev–Trinajstić information content (AvgIpc) is 3.12. The van der Waals surface area contributed by atoms with Gasteiger partial charge in [0.25, 0.3) is 5.91 Å². The van der Waals surface area contributed by atoms with Gasteiger partial charge in [0, 0.05) is 11.6 Å². The number of rotatable bonds is 4. The van der Waals surface area contributed by atoms with Gasteiger partial charge in [-0.2, -0.15) is 0 Å². The molecule has 1 N–H and O–H groups in total. The van der Waals surface area contributed by atoms with Crippen molar-refractivity contribution in [3.8, 4) is 17.1 Å². The summed E-state index contributed by atoms with van der Waals surface area (Å²) in [5.41, 5.74) is 1.11. The lowest BCUT2D eigenvalue weighted by atomic mass is 10.1. The van der Waals surface area contributed by atoms with E-state index in [0.717, 1.165) is 6.07 Å². The molecule has 0 unspecified atom stereocenters. The minimum absolute atomic E-state index is 0.0700. The van der Waals surface area contributed by atoms with Gasteiger partial charge >= 0.3 is 0 Å². The second kappa shape index (κ2) is 7.48. The monoisotopic (exact) mass is 414 g/mol. The number of nitrogens with one attached hydrogen (secondary N) is 1. The summed E-state index contributed by atoms with van der Waals surface area (Å²) in [6, 6.07) is 11.4. The lowest BCUT2D eigenvalue weighted by molar-refractivity contribution is 0.102. The number of amides is 1. The van der Waals surface area contributed by atoms with Gasteiger partial charge in [0.2, 0.25) is 5.88 Å². The molecule has 29 heavy (non-hydrogen) atoms. The predicted molar refractivity (Wildman–Crippen MR) is 104 cm³/mol. The normalized spacial score (nSPS) is 10.9. The quantitative estimate of drug-likeness (QED) is 0.530. The Balaban J connectivity index is 1.68. The molecule has 2 aromatic carbocycles. The van der Waals surface area contributed by atoms with Gasteiger partial charge in [-0.05, 0) is 36.4 Å². The average molecular weight is 415 g/mol. The van der Waals surface area contributed by atoms with E-state index < -0.39 is 17.5 Å². The van der Waals surface area contributed by atoms with Crippen LogP contribution >= 0.6 is 11.6 Å². The first-order valence-electron chi connectivity index (χ1n) is 8.42. The largest absolute Gasteiger partial charge is 0.480 e. The summed E-state index contributed by atoms with van der Waals surface area (Å²) in [7, 11) is 1.50. The van der Waals surface area contributed by atoms with Crippen LogP contribution in [-0.2, 0) is 0 Å². The highest BCUT2D eigenvalue weighted by atomic mass is 35.5. The molecule has 0 spiro atoms. The van der Waals surface area contributed by atoms with Crippen LogP contribution in [0.25, 0.3) is 16.9 Å². The van der Waals surface area contributed by atoms with Crippen LogP contribution in [0.3, 0.4) is 0 Å². The molecular weight excluding hydrogens is 402 g/mol. The second-order valence-electron chi connectivity index (χ2n) is 6.05. The number of imidazole rings is 1. The van der Waals surface area contributed by atoms with Crippen molar-refractivity contribution >= 4 is 28.8 Å². The number of fused-ring (bicyclic) bond motifs is 1. The van der Waals surface area contributed by atoms with Gasteiger partial charge in [-0.3, -0.25) is 4.79 Å². The summed E-state index contributed by atoms with van der Waals surface area (Å²) < 4.78 is 34.8. The third-order valence-electron chi connectivity index (χ3n) is 4.20. The van der Waals surface area contributed by atoms with Crippen molar-refractivity contribution in [2.75, 3.05) is 12.4 Å². The lowest BCUT2D eigenvalue weighted by Crippen LogP contribution is -2.15. The van der Waals surface area contributed by atoms with Crippen molar-refractivity contribution in [3.05, 3.63) is 76.9 Å². The standard InChI is InChI=1S/C20H13ClF2N4O2/c1-29-18-8-7-17-24-16(10-27(17)26-18)11-5-6-13(22)15(9-11)25-20(28)19-12(21)3-2-4-14(19)23/h2-10H,1H3,(H,25,28). The SMILES string of the molecule is COc1ccc2nc(-c3ccc(F)c(NC(=O)c4c(F)cccc4Cl)c3)cn2n1. The first-order valence-corrected chi connectivity index (χ1v) is 8.80. The first kappa shape index (κ1) is 18.8. The second-order valence-corrected chi connectivity index (χ2v) is 6.46. The Morgan fingerprint density at radius 1 is 1.14 bits per heavy atom. The summed E-state index contributed by atoms with van der Waals surface area (Å²) in [6.45, 7) is 0. The van der Waals surface area contributed by atoms with Crippen molar-refractivity contribution in [1.82, 2.24) is 14.6 Å². The fraction of sp³-hybridized carbons (Fsp3) is 0.0500. The van der Waals surface area contributed by atoms with Crippen LogP contribution in [0.2, 0.25) is 5.02 Å². The van der Waals surface area contributed by atoms with Crippen molar-refractivity contribution in [1.29, 1.82) is 0 Å². The molecule has 0 bridgehead atoms. The third-order valence-corrected chi connectivity index (χ3v) is 4.52. The molecule has 146 valence electrons. The van der Waals surface area contributed by atoms with E-state index in [1.54, 1.807) is 18.3 Å². The number of aromatic nitrogens is 3. The van der Waals surface area contributed by atoms with E-state index >= 15 is 0 Å². The summed E-state index contributed by atoms with van der Waals surface area (Å²) in [6.07, 6.45) is 1.64. The number of anilines is 1. The number of hydrogen-bond donors (Lipinski definition) is 1. The Kier molecular flexibility index (Phi) is 4.85. The maximum absolute atomic E-state index is 14.3. The zero-order valence-corrected chi connectivity index (χ0v) is 15.7. The highest BCUT2D eigenvalue weighted by Crippen LogP contribution is 2.27. The lowest BCUT2D eigenvalue weighted by Gasteiger charge is -2.09. The van der Waals surface area contributed by atoms with Gasteiger partial charge < -0.3 is 10.1 Å². The third kappa shape index (κ3) is 3.62. The number of halogens is 3. The van der Waals surface area contributed by atoms with Gasteiger partial charge in [-0.15, -0.1) is 5.10 Å². The van der Waals surface area contributed by atoms with Crippen LogP contribution < -0.4 is 10.1 Å². The fourth-order valence-corrected chi connectivity index (χ4v) is 3.04. The van der Waals surface area contributed by atoms with E-state index in [-0.39, 0.29) is 16.3 Å². The highest BCUT2D eigenvalue weighted by Gasteiger charge is 2.18. The Hall–Kier alpha value is -3.52. The van der Waals surface area contributed by atoms with E-state index in [1.165, 1.54) is 42.0 Å². The maximum Gasteiger partial charge on any atom is 0.260 e. The molecular formula is C20H13ClF2N4O2. The van der Waals surface area contributed by atoms with E-state index in [1.807, 2.05) is 0 Å². The van der Waals surface area contributed by atoms with E-state index in [2.05, 4.69) is 15.4 Å². The van der Waals surface area contributed by atoms with Gasteiger partial charge in [0.1, 0.15) is 11.6 Å². The number of ether oxygens (including phenoxy) is 1. The molecule has 0 saturated carbocycles. The minimum atomic E-state index is -0.856. The molecule has 0 saturated heterocycles. The van der Waals surface area contributed by atoms with E-state index in [4.69, 9.17) is 16.3 Å². The molecule has 9 heteroatoms. The number of methoxy groups -OCH3 is 1. The molecule has 4 aromatic rings. The molecule has 0 fully saturated rings.